The summed E-state index contributed by atoms with van der Waals surface area (Å²) < 4.78 is 107. The highest BCUT2D eigenvalue weighted by molar-refractivity contribution is 7.98. The number of amides is 2. The van der Waals surface area contributed by atoms with Crippen molar-refractivity contribution >= 4 is 89.0 Å². The third-order valence-corrected chi connectivity index (χ3v) is 11.4. The second-order valence-corrected chi connectivity index (χ2v) is 17.4. The second-order valence-electron chi connectivity index (χ2n) is 11.1. The van der Waals surface area contributed by atoms with Crippen LogP contribution in [0, 0.1) is 11.8 Å². The lowest BCUT2D eigenvalue weighted by Gasteiger charge is -2.30. The summed E-state index contributed by atoms with van der Waals surface area (Å²) in [6, 6.07) is 4.66. The Hall–Kier alpha value is -4.34. The Kier molecular flexibility index (Phi) is 15.8. The number of aromatic hydroxyl groups is 1. The van der Waals surface area contributed by atoms with Crippen LogP contribution in [0.1, 0.15) is 0 Å². The number of anilines is 2. The zero-order valence-electron chi connectivity index (χ0n) is 28.6. The number of aliphatic hydroxyl groups is 1. The van der Waals surface area contributed by atoms with E-state index in [-0.39, 0.29) is 45.7 Å². The van der Waals surface area contributed by atoms with E-state index in [0.717, 1.165) is 19.2 Å². The van der Waals surface area contributed by atoms with Gasteiger partial charge in [-0.25, -0.2) is 32.9 Å². The van der Waals surface area contributed by atoms with E-state index in [4.69, 9.17) is 19.8 Å². The molecule has 2 unspecified atom stereocenters. The molecule has 9 N–H and O–H groups in total. The summed E-state index contributed by atoms with van der Waals surface area (Å²) in [4.78, 5) is 17.1. The SMILES string of the molecule is COc1c(N/N=C2/C(=Nc3cc(SOOO)ccc3O)C=CC3C=C(SOOO)C=C(O)C23)cc(S(=O)(=O)O)cc1NC(=O)NCCS(=O)(=O)CCOS(=O)(=O)O. The summed E-state index contributed by atoms with van der Waals surface area (Å²) in [6.45, 7) is -1.41. The number of hydrogen-bond acceptors (Lipinski definition) is 22. The Morgan fingerprint density at radius 2 is 1.65 bits per heavy atom. The second kappa shape index (κ2) is 19.9. The summed E-state index contributed by atoms with van der Waals surface area (Å²) >= 11 is 1.14. The molecule has 0 aliphatic heterocycles. The molecule has 0 aromatic heterocycles. The number of allylic oxidation sites excluding steroid dienone is 5. The number of urea groups is 1. The normalized spacial score (nSPS) is 18.5. The van der Waals surface area contributed by atoms with Crippen LogP contribution in [-0.2, 0) is 53.3 Å². The maximum atomic E-state index is 12.8. The molecule has 57 heavy (non-hydrogen) atoms. The Labute approximate surface area is 331 Å². The predicted octanol–water partition coefficient (Wildman–Crippen LogP) is 3.18. The summed E-state index contributed by atoms with van der Waals surface area (Å²) in [5.41, 5.74) is 1.89. The van der Waals surface area contributed by atoms with Crippen molar-refractivity contribution in [3.05, 3.63) is 65.3 Å². The quantitative estimate of drug-likeness (QED) is 0.0423. The molecule has 4 rings (SSSR count). The maximum absolute atomic E-state index is 12.8. The van der Waals surface area contributed by atoms with Gasteiger partial charge in [-0.15, -0.1) is 8.67 Å². The number of benzene rings is 2. The number of sulfone groups is 1. The van der Waals surface area contributed by atoms with Crippen LogP contribution in [0.15, 0.2) is 85.2 Å². The molecule has 2 aromatic rings. The van der Waals surface area contributed by atoms with Crippen LogP contribution < -0.4 is 20.8 Å². The summed E-state index contributed by atoms with van der Waals surface area (Å²) in [5, 5.41) is 55.0. The van der Waals surface area contributed by atoms with E-state index in [1.807, 2.05) is 0 Å². The molecular formula is C28H31N5O19S5. The van der Waals surface area contributed by atoms with Gasteiger partial charge in [0, 0.05) is 22.3 Å². The zero-order valence-corrected chi connectivity index (χ0v) is 32.7. The Morgan fingerprint density at radius 1 is 0.947 bits per heavy atom. The Bertz CT molecular complexity index is 2320. The number of carbonyl (C=O) groups is 1. The van der Waals surface area contributed by atoms with Crippen molar-refractivity contribution in [2.24, 2.45) is 21.9 Å². The highest BCUT2D eigenvalue weighted by atomic mass is 32.3. The van der Waals surface area contributed by atoms with Gasteiger partial charge < -0.3 is 25.6 Å². The van der Waals surface area contributed by atoms with E-state index in [0.29, 0.717) is 33.9 Å². The van der Waals surface area contributed by atoms with Crippen LogP contribution >= 0.6 is 24.1 Å². The van der Waals surface area contributed by atoms with Gasteiger partial charge in [-0.1, -0.05) is 22.2 Å². The molecule has 2 aliphatic rings. The Balaban J connectivity index is 1.71. The fraction of sp³-hybridized carbons (Fsp3) is 0.250. The highest BCUT2D eigenvalue weighted by Crippen LogP contribution is 2.40. The van der Waals surface area contributed by atoms with Gasteiger partial charge in [-0.2, -0.15) is 21.9 Å². The van der Waals surface area contributed by atoms with E-state index in [1.54, 1.807) is 12.2 Å². The molecule has 2 aromatic carbocycles. The first-order valence-corrected chi connectivity index (χ1v) is 21.4. The lowest BCUT2D eigenvalue weighted by molar-refractivity contribution is -0.432. The average molecular weight is 902 g/mol. The van der Waals surface area contributed by atoms with E-state index in [9.17, 15) is 44.8 Å². The first kappa shape index (κ1) is 45.4. The molecular weight excluding hydrogens is 871 g/mol. The number of phenolic OH excluding ortho intramolecular Hbond substituents is 1. The van der Waals surface area contributed by atoms with Crippen molar-refractivity contribution in [2.45, 2.75) is 9.79 Å². The monoisotopic (exact) mass is 901 g/mol. The van der Waals surface area contributed by atoms with Crippen molar-refractivity contribution < 1.29 is 87.5 Å². The minimum absolute atomic E-state index is 0.0296. The molecule has 0 radical (unpaired) electrons. The van der Waals surface area contributed by atoms with Crippen LogP contribution in [0.5, 0.6) is 11.5 Å². The van der Waals surface area contributed by atoms with Gasteiger partial charge in [0.15, 0.2) is 15.6 Å². The predicted molar refractivity (Wildman–Crippen MR) is 200 cm³/mol. The summed E-state index contributed by atoms with van der Waals surface area (Å²) in [7, 11) is -12.7. The summed E-state index contributed by atoms with van der Waals surface area (Å²) in [5.74, 6) is -4.08. The number of carbonyl (C=O) groups excluding carboxylic acids is 1. The number of ether oxygens (including phenoxy) is 1. The van der Waals surface area contributed by atoms with Crippen molar-refractivity contribution in [3.63, 3.8) is 0 Å². The van der Waals surface area contributed by atoms with E-state index < -0.39 is 77.8 Å². The summed E-state index contributed by atoms with van der Waals surface area (Å²) in [6.07, 6.45) is 5.95. The van der Waals surface area contributed by atoms with Gasteiger partial charge in [0.25, 0.3) is 10.1 Å². The van der Waals surface area contributed by atoms with E-state index in [2.05, 4.69) is 49.1 Å². The molecule has 24 nitrogen and oxygen atoms in total. The topological polar surface area (TPSA) is 357 Å². The van der Waals surface area contributed by atoms with Gasteiger partial charge in [0.2, 0.25) is 0 Å². The van der Waals surface area contributed by atoms with E-state index in [1.165, 1.54) is 30.4 Å². The number of aliphatic hydroxyl groups excluding tert-OH is 1. The number of methoxy groups -OCH3 is 1. The smallest absolute Gasteiger partial charge is 0.397 e. The van der Waals surface area contributed by atoms with Gasteiger partial charge in [0.1, 0.15) is 22.9 Å². The first-order chi connectivity index (χ1) is 26.8. The average Bonchev–Trinajstić information content (AvgIpc) is 3.12. The third kappa shape index (κ3) is 13.4. The number of nitrogens with one attached hydrogen (secondary N) is 3. The fourth-order valence-corrected chi connectivity index (χ4v) is 7.75. The van der Waals surface area contributed by atoms with Gasteiger partial charge in [0.05, 0.1) is 77.2 Å². The van der Waals surface area contributed by atoms with Crippen LogP contribution in [0.4, 0.5) is 21.9 Å². The number of phenols is 1. The standard InChI is InChI=1S/C28H31N5O19S5/c1-47-27-21(31-28(36)29-6-8-55(39,40)9-7-48-57(44,45)46)13-18(56(41,42)43)14-22(27)32-33-26-19(30-20-11-16(53-51-49-37)3-5-23(20)34)4-2-15-10-17(54-52-50-38)12-24(35)25(15)26/h2-5,10-15,25,32,34-35,37-38H,6-9H2,1H3,(H2,29,31,36)(H,41,42,43)(H,44,45,46)/b30-19?,33-26-. The number of nitrogens with zero attached hydrogens (tertiary/aromatic N) is 2. The molecule has 0 saturated carbocycles. The van der Waals surface area contributed by atoms with Crippen molar-refractivity contribution in [2.75, 3.05) is 42.5 Å². The molecule has 312 valence electrons. The lowest BCUT2D eigenvalue weighted by Crippen LogP contribution is -2.35. The van der Waals surface area contributed by atoms with Crippen molar-refractivity contribution in [1.82, 2.24) is 5.32 Å². The molecule has 2 atom stereocenters. The van der Waals surface area contributed by atoms with Crippen LogP contribution in [0.25, 0.3) is 0 Å². The minimum Gasteiger partial charge on any atom is -0.512 e. The molecule has 29 heteroatoms. The van der Waals surface area contributed by atoms with E-state index >= 15 is 0 Å². The number of hydrogen-bond donors (Lipinski definition) is 9. The van der Waals surface area contributed by atoms with Crippen LogP contribution in [-0.4, -0.2) is 104 Å². The van der Waals surface area contributed by atoms with Gasteiger partial charge >= 0.3 is 16.4 Å². The fourth-order valence-electron chi connectivity index (χ4n) is 4.98. The van der Waals surface area contributed by atoms with Gasteiger partial charge in [-0.05, 0) is 42.5 Å². The first-order valence-electron chi connectivity index (χ1n) is 15.3. The number of rotatable bonds is 19. The highest BCUT2D eigenvalue weighted by Gasteiger charge is 2.36. The Morgan fingerprint density at radius 3 is 2.32 bits per heavy atom. The van der Waals surface area contributed by atoms with Crippen LogP contribution in [0.3, 0.4) is 0 Å². The lowest BCUT2D eigenvalue weighted by atomic mass is 9.77. The molecule has 0 heterocycles. The third-order valence-electron chi connectivity index (χ3n) is 7.33. The van der Waals surface area contributed by atoms with Gasteiger partial charge in [-0.3, -0.25) is 14.5 Å². The number of hydrazone groups is 1. The largest absolute Gasteiger partial charge is 0.512 e. The van der Waals surface area contributed by atoms with Crippen molar-refractivity contribution in [3.8, 4) is 11.5 Å². The molecule has 0 fully saturated rings. The zero-order chi connectivity index (χ0) is 42.0. The number of aliphatic imine (C=N–C) groups is 1. The molecule has 2 aliphatic carbocycles. The molecule has 0 spiro atoms. The van der Waals surface area contributed by atoms with Crippen LogP contribution in [0.2, 0.25) is 0 Å². The molecule has 0 saturated heterocycles. The molecule has 0 bridgehead atoms. The van der Waals surface area contributed by atoms with Crippen molar-refractivity contribution in [1.29, 1.82) is 0 Å². The number of fused-ring (bicyclic) bond motifs is 1. The molecule has 2 amide bonds. The minimum atomic E-state index is -4.98. The maximum Gasteiger partial charge on any atom is 0.397 e.